The first-order valence-electron chi connectivity index (χ1n) is 9.27. The van der Waals surface area contributed by atoms with Gasteiger partial charge in [0, 0.05) is 21.4 Å². The Balaban J connectivity index is 1.36. The van der Waals surface area contributed by atoms with Crippen molar-refractivity contribution in [1.29, 1.82) is 0 Å². The number of thioether (sulfide) groups is 1. The molecule has 0 fully saturated rings. The molecule has 30 heavy (non-hydrogen) atoms. The first-order valence-corrected chi connectivity index (χ1v) is 11.9. The summed E-state index contributed by atoms with van der Waals surface area (Å²) < 4.78 is 3.19. The van der Waals surface area contributed by atoms with Crippen molar-refractivity contribution in [3.05, 3.63) is 94.0 Å². The summed E-state index contributed by atoms with van der Waals surface area (Å²) >= 11 is 6.91. The molecule has 0 bridgehead atoms. The fourth-order valence-corrected chi connectivity index (χ4v) is 5.42. The molecule has 7 heteroatoms. The minimum absolute atomic E-state index is 0.230. The first-order chi connectivity index (χ1) is 14.6. The first kappa shape index (κ1) is 20.8. The number of aromatic nitrogens is 1. The summed E-state index contributed by atoms with van der Waals surface area (Å²) in [6, 6.07) is 23.5. The number of rotatable bonds is 6. The fourth-order valence-electron chi connectivity index (χ4n) is 2.82. The van der Waals surface area contributed by atoms with Gasteiger partial charge in [0.1, 0.15) is 0 Å². The molecule has 1 N–H and O–H groups in total. The lowest BCUT2D eigenvalue weighted by Gasteiger charge is -2.05. The third-order valence-corrected chi connectivity index (χ3v) is 7.38. The number of benzene rings is 3. The Morgan fingerprint density at radius 2 is 1.80 bits per heavy atom. The number of hydrogen-bond acceptors (Lipinski definition) is 5. The number of hydrazone groups is 1. The van der Waals surface area contributed by atoms with Gasteiger partial charge in [-0.05, 0) is 42.8 Å². The predicted octanol–water partition coefficient (Wildman–Crippen LogP) is 6.51. The van der Waals surface area contributed by atoms with Crippen LogP contribution in [0.2, 0.25) is 0 Å². The van der Waals surface area contributed by atoms with Gasteiger partial charge >= 0.3 is 0 Å². The lowest BCUT2D eigenvalue weighted by molar-refractivity contribution is 0.0955. The number of carbonyl (C=O) groups excluding carboxylic acids is 1. The quantitative estimate of drug-likeness (QED) is 0.188. The van der Waals surface area contributed by atoms with E-state index in [1.165, 1.54) is 4.70 Å². The second-order valence-electron chi connectivity index (χ2n) is 6.55. The maximum Gasteiger partial charge on any atom is 0.271 e. The summed E-state index contributed by atoms with van der Waals surface area (Å²) in [6.45, 7) is 1.86. The van der Waals surface area contributed by atoms with E-state index in [1.54, 1.807) is 23.1 Å². The van der Waals surface area contributed by atoms with Gasteiger partial charge in [0.05, 0.1) is 15.9 Å². The van der Waals surface area contributed by atoms with Gasteiger partial charge in [0.2, 0.25) is 0 Å². The van der Waals surface area contributed by atoms with Crippen molar-refractivity contribution in [3.63, 3.8) is 0 Å². The third-order valence-electron chi connectivity index (χ3n) is 4.44. The van der Waals surface area contributed by atoms with Crippen molar-refractivity contribution < 1.29 is 4.79 Å². The van der Waals surface area contributed by atoms with Gasteiger partial charge in [-0.15, -0.1) is 11.3 Å². The van der Waals surface area contributed by atoms with Gasteiger partial charge < -0.3 is 0 Å². The fraction of sp³-hybridized carbons (Fsp3) is 0.0870. The average Bonchev–Trinajstić information content (AvgIpc) is 3.19. The van der Waals surface area contributed by atoms with Gasteiger partial charge in [0.25, 0.3) is 5.91 Å². The number of amides is 1. The van der Waals surface area contributed by atoms with E-state index >= 15 is 0 Å². The van der Waals surface area contributed by atoms with Crippen LogP contribution in [0.1, 0.15) is 28.4 Å². The number of halogens is 1. The van der Waals surface area contributed by atoms with Gasteiger partial charge in [0.15, 0.2) is 4.34 Å². The average molecular weight is 496 g/mol. The third kappa shape index (κ3) is 4.98. The number of nitrogens with one attached hydrogen (secondary N) is 1. The van der Waals surface area contributed by atoms with Crippen molar-refractivity contribution in [3.8, 4) is 0 Å². The summed E-state index contributed by atoms with van der Waals surface area (Å²) in [6.07, 6.45) is 0. The molecule has 3 aromatic carbocycles. The maximum atomic E-state index is 12.4. The van der Waals surface area contributed by atoms with Crippen molar-refractivity contribution in [2.75, 3.05) is 0 Å². The molecular weight excluding hydrogens is 478 g/mol. The summed E-state index contributed by atoms with van der Waals surface area (Å²) in [5.41, 5.74) is 7.07. The lowest BCUT2D eigenvalue weighted by atomic mass is 10.1. The molecule has 0 unspecified atom stereocenters. The van der Waals surface area contributed by atoms with E-state index in [0.29, 0.717) is 5.56 Å². The van der Waals surface area contributed by atoms with E-state index in [1.807, 2.05) is 73.7 Å². The van der Waals surface area contributed by atoms with Crippen LogP contribution in [0, 0.1) is 0 Å². The van der Waals surface area contributed by atoms with Crippen molar-refractivity contribution >= 4 is 60.9 Å². The minimum Gasteiger partial charge on any atom is -0.267 e. The lowest BCUT2D eigenvalue weighted by Crippen LogP contribution is -2.19. The molecule has 0 aliphatic rings. The van der Waals surface area contributed by atoms with Gasteiger partial charge in [-0.3, -0.25) is 4.79 Å². The smallest absolute Gasteiger partial charge is 0.267 e. The molecule has 0 aliphatic carbocycles. The maximum absolute atomic E-state index is 12.4. The predicted molar refractivity (Wildman–Crippen MR) is 129 cm³/mol. The van der Waals surface area contributed by atoms with Gasteiger partial charge in [-0.25, -0.2) is 10.4 Å². The van der Waals surface area contributed by atoms with Crippen LogP contribution in [0.3, 0.4) is 0 Å². The zero-order valence-electron chi connectivity index (χ0n) is 16.1. The summed E-state index contributed by atoms with van der Waals surface area (Å²) in [5, 5.41) is 4.23. The Bertz CT molecular complexity index is 1190. The largest absolute Gasteiger partial charge is 0.271 e. The monoisotopic (exact) mass is 495 g/mol. The van der Waals surface area contributed by atoms with E-state index in [9.17, 15) is 4.79 Å². The molecule has 4 rings (SSSR count). The molecule has 0 spiro atoms. The van der Waals surface area contributed by atoms with Crippen molar-refractivity contribution in [1.82, 2.24) is 10.4 Å². The van der Waals surface area contributed by atoms with Crippen LogP contribution in [-0.4, -0.2) is 16.6 Å². The van der Waals surface area contributed by atoms with Crippen LogP contribution in [0.15, 0.2) is 86.7 Å². The van der Waals surface area contributed by atoms with E-state index in [0.717, 1.165) is 36.9 Å². The SMILES string of the molecule is C/C(=N/NC(=O)c1ccc(CSc2nc3ccccc3s2)cc1)c1ccccc1Br. The van der Waals surface area contributed by atoms with E-state index < -0.39 is 0 Å². The number of para-hydroxylation sites is 1. The summed E-state index contributed by atoms with van der Waals surface area (Å²) in [4.78, 5) is 17.1. The molecule has 1 aromatic heterocycles. The zero-order chi connectivity index (χ0) is 20.9. The number of carbonyl (C=O) groups is 1. The molecule has 0 saturated carbocycles. The molecule has 1 amide bonds. The summed E-state index contributed by atoms with van der Waals surface area (Å²) in [7, 11) is 0. The van der Waals surface area contributed by atoms with Crippen molar-refractivity contribution in [2.24, 2.45) is 5.10 Å². The molecule has 150 valence electrons. The number of thiazole rings is 1. The van der Waals surface area contributed by atoms with Crippen LogP contribution < -0.4 is 5.43 Å². The second kappa shape index (κ2) is 9.55. The van der Waals surface area contributed by atoms with Gasteiger partial charge in [-0.1, -0.05) is 70.2 Å². The second-order valence-corrected chi connectivity index (χ2v) is 9.66. The Morgan fingerprint density at radius 1 is 1.07 bits per heavy atom. The highest BCUT2D eigenvalue weighted by atomic mass is 79.9. The zero-order valence-corrected chi connectivity index (χ0v) is 19.4. The van der Waals surface area contributed by atoms with Crippen LogP contribution in [0.4, 0.5) is 0 Å². The molecule has 0 aliphatic heterocycles. The molecule has 4 nitrogen and oxygen atoms in total. The van der Waals surface area contributed by atoms with Crippen LogP contribution in [-0.2, 0) is 5.75 Å². The Morgan fingerprint density at radius 3 is 2.57 bits per heavy atom. The highest BCUT2D eigenvalue weighted by molar-refractivity contribution is 9.10. The van der Waals surface area contributed by atoms with Crippen LogP contribution >= 0.6 is 39.0 Å². The van der Waals surface area contributed by atoms with E-state index in [2.05, 4.69) is 37.5 Å². The topological polar surface area (TPSA) is 54.4 Å². The Kier molecular flexibility index (Phi) is 6.62. The van der Waals surface area contributed by atoms with Gasteiger partial charge in [-0.2, -0.15) is 5.10 Å². The normalized spacial score (nSPS) is 11.6. The van der Waals surface area contributed by atoms with Crippen molar-refractivity contribution in [2.45, 2.75) is 17.0 Å². The molecule has 0 radical (unpaired) electrons. The highest BCUT2D eigenvalue weighted by Crippen LogP contribution is 2.31. The number of nitrogens with zero attached hydrogens (tertiary/aromatic N) is 2. The van der Waals surface area contributed by atoms with E-state index in [-0.39, 0.29) is 5.91 Å². The molecule has 1 heterocycles. The molecule has 0 saturated heterocycles. The summed E-state index contributed by atoms with van der Waals surface area (Å²) in [5.74, 6) is 0.577. The van der Waals surface area contributed by atoms with Crippen LogP contribution in [0.25, 0.3) is 10.2 Å². The Hall–Kier alpha value is -2.48. The molecule has 0 atom stereocenters. The highest BCUT2D eigenvalue weighted by Gasteiger charge is 2.08. The molecular formula is C23H18BrN3OS2. The van der Waals surface area contributed by atoms with Crippen LogP contribution in [0.5, 0.6) is 0 Å². The molecule has 4 aromatic rings. The van der Waals surface area contributed by atoms with E-state index in [4.69, 9.17) is 0 Å². The minimum atomic E-state index is -0.230. The number of fused-ring (bicyclic) bond motifs is 1. The number of hydrogen-bond donors (Lipinski definition) is 1. The standard InChI is InChI=1S/C23H18BrN3OS2/c1-15(18-6-2-3-7-19(18)24)26-27-22(28)17-12-10-16(11-13-17)14-29-23-25-20-8-4-5-9-21(20)30-23/h2-13H,14H2,1H3,(H,27,28)/b26-15-. The Labute approximate surface area is 191 Å².